The lowest BCUT2D eigenvalue weighted by Crippen LogP contribution is -2.57. The second kappa shape index (κ2) is 6.16. The van der Waals surface area contributed by atoms with E-state index >= 15 is 0 Å². The highest BCUT2D eigenvalue weighted by Crippen LogP contribution is 2.39. The molecule has 0 saturated carbocycles. The molecule has 0 unspecified atom stereocenters. The molecule has 0 amide bonds. The number of ether oxygens (including phenoxy) is 4. The van der Waals surface area contributed by atoms with E-state index in [1.54, 1.807) is 20.8 Å². The second-order valence-electron chi connectivity index (χ2n) is 6.43. The van der Waals surface area contributed by atoms with Crippen LogP contribution in [0.25, 0.3) is 0 Å². The van der Waals surface area contributed by atoms with E-state index in [0.717, 1.165) is 6.07 Å². The van der Waals surface area contributed by atoms with Crippen LogP contribution in [0.4, 0.5) is 13.2 Å². The molecule has 1 aromatic rings. The van der Waals surface area contributed by atoms with E-state index in [-0.39, 0.29) is 12.0 Å². The van der Waals surface area contributed by atoms with E-state index in [1.807, 2.05) is 0 Å². The van der Waals surface area contributed by atoms with Crippen molar-refractivity contribution in [3.63, 3.8) is 0 Å². The molecule has 0 aliphatic carbocycles. The first-order chi connectivity index (χ1) is 11.6. The fourth-order valence-corrected chi connectivity index (χ4v) is 3.03. The number of hydrogen-bond donors (Lipinski definition) is 0. The number of terminal acetylenes is 1. The SMILES string of the molecule is C#C[C@H]1O[C@H](C)[C@@H]2OC(C)(C)O[C@@H]2[C@H]1Oc1cccc(C(F)(F)F)n1. The lowest BCUT2D eigenvalue weighted by molar-refractivity contribution is -0.156. The third-order valence-corrected chi connectivity index (χ3v) is 4.04. The predicted molar refractivity (Wildman–Crippen MR) is 80.6 cm³/mol. The topological polar surface area (TPSA) is 49.8 Å². The van der Waals surface area contributed by atoms with Crippen molar-refractivity contribution < 1.29 is 32.1 Å². The monoisotopic (exact) mass is 357 g/mol. The molecule has 3 rings (SSSR count). The zero-order chi connectivity index (χ0) is 18.4. The van der Waals surface area contributed by atoms with Crippen LogP contribution in [-0.2, 0) is 20.4 Å². The molecule has 136 valence electrons. The summed E-state index contributed by atoms with van der Waals surface area (Å²) in [6.45, 7) is 5.27. The van der Waals surface area contributed by atoms with Crippen molar-refractivity contribution in [3.05, 3.63) is 23.9 Å². The average molecular weight is 357 g/mol. The molecule has 8 heteroatoms. The third-order valence-electron chi connectivity index (χ3n) is 4.04. The van der Waals surface area contributed by atoms with E-state index < -0.39 is 42.1 Å². The lowest BCUT2D eigenvalue weighted by atomic mass is 9.96. The van der Waals surface area contributed by atoms with Gasteiger partial charge in [-0.3, -0.25) is 0 Å². The van der Waals surface area contributed by atoms with Crippen LogP contribution in [0.5, 0.6) is 5.88 Å². The van der Waals surface area contributed by atoms with Crippen molar-refractivity contribution in [1.29, 1.82) is 0 Å². The normalized spacial score (nSPS) is 34.2. The molecular weight excluding hydrogens is 339 g/mol. The maximum absolute atomic E-state index is 12.8. The average Bonchev–Trinajstić information content (AvgIpc) is 2.85. The van der Waals surface area contributed by atoms with Crippen LogP contribution in [-0.4, -0.2) is 41.3 Å². The van der Waals surface area contributed by atoms with Gasteiger partial charge in [-0.25, -0.2) is 4.98 Å². The zero-order valence-electron chi connectivity index (χ0n) is 13.9. The van der Waals surface area contributed by atoms with Gasteiger partial charge in [0.1, 0.15) is 17.9 Å². The second-order valence-corrected chi connectivity index (χ2v) is 6.43. The number of fused-ring (bicyclic) bond motifs is 1. The molecule has 0 spiro atoms. The number of halogens is 3. The van der Waals surface area contributed by atoms with Crippen molar-refractivity contribution in [2.24, 2.45) is 0 Å². The van der Waals surface area contributed by atoms with Crippen molar-refractivity contribution >= 4 is 0 Å². The summed E-state index contributed by atoms with van der Waals surface area (Å²) in [5.41, 5.74) is -1.05. The van der Waals surface area contributed by atoms with Gasteiger partial charge in [0, 0.05) is 6.07 Å². The Morgan fingerprint density at radius 2 is 1.92 bits per heavy atom. The molecule has 1 aromatic heterocycles. The lowest BCUT2D eigenvalue weighted by Gasteiger charge is -2.38. The molecule has 0 aromatic carbocycles. The van der Waals surface area contributed by atoms with Gasteiger partial charge in [0.2, 0.25) is 5.88 Å². The maximum atomic E-state index is 12.8. The summed E-state index contributed by atoms with van der Waals surface area (Å²) in [6, 6.07) is 3.42. The summed E-state index contributed by atoms with van der Waals surface area (Å²) in [6.07, 6.45) is -2.09. The minimum atomic E-state index is -4.57. The highest BCUT2D eigenvalue weighted by molar-refractivity contribution is 5.20. The standard InChI is InChI=1S/C17H18F3NO4/c1-5-10-14(15-13(9(2)22-10)24-16(3,4)25-15)23-12-8-6-7-11(21-12)17(18,19)20/h1,6-10,13-15H,2-4H3/t9-,10-,13+,14+,15+/m1/s1. The fourth-order valence-electron chi connectivity index (χ4n) is 3.03. The Kier molecular flexibility index (Phi) is 4.43. The number of hydrogen-bond acceptors (Lipinski definition) is 5. The number of aromatic nitrogens is 1. The first kappa shape index (κ1) is 18.0. The Bertz CT molecular complexity index is 685. The third kappa shape index (κ3) is 3.59. The van der Waals surface area contributed by atoms with Crippen LogP contribution >= 0.6 is 0 Å². The number of nitrogens with zero attached hydrogens (tertiary/aromatic N) is 1. The van der Waals surface area contributed by atoms with Gasteiger partial charge in [-0.1, -0.05) is 12.0 Å². The van der Waals surface area contributed by atoms with Gasteiger partial charge in [-0.2, -0.15) is 13.2 Å². The van der Waals surface area contributed by atoms with Gasteiger partial charge in [0.05, 0.1) is 6.10 Å². The highest BCUT2D eigenvalue weighted by Gasteiger charge is 2.55. The minimum absolute atomic E-state index is 0.203. The van der Waals surface area contributed by atoms with Crippen LogP contribution in [0.3, 0.4) is 0 Å². The minimum Gasteiger partial charge on any atom is -0.468 e. The summed E-state index contributed by atoms with van der Waals surface area (Å²) in [5, 5.41) is 0. The van der Waals surface area contributed by atoms with E-state index in [0.29, 0.717) is 0 Å². The molecule has 0 N–H and O–H groups in total. The van der Waals surface area contributed by atoms with Gasteiger partial charge in [0.15, 0.2) is 18.0 Å². The summed E-state index contributed by atoms with van der Waals surface area (Å²) >= 11 is 0. The van der Waals surface area contributed by atoms with Gasteiger partial charge in [-0.05, 0) is 26.8 Å². The van der Waals surface area contributed by atoms with Gasteiger partial charge < -0.3 is 18.9 Å². The van der Waals surface area contributed by atoms with Gasteiger partial charge in [0.25, 0.3) is 0 Å². The highest BCUT2D eigenvalue weighted by atomic mass is 19.4. The molecule has 2 saturated heterocycles. The molecule has 2 fully saturated rings. The van der Waals surface area contributed by atoms with Crippen LogP contribution < -0.4 is 4.74 Å². The van der Waals surface area contributed by atoms with E-state index in [2.05, 4.69) is 10.9 Å². The Balaban J connectivity index is 1.88. The van der Waals surface area contributed by atoms with Crippen LogP contribution in [0.15, 0.2) is 18.2 Å². The van der Waals surface area contributed by atoms with E-state index in [9.17, 15) is 13.2 Å². The van der Waals surface area contributed by atoms with Crippen molar-refractivity contribution in [2.75, 3.05) is 0 Å². The molecule has 2 aliphatic rings. The van der Waals surface area contributed by atoms with Crippen molar-refractivity contribution in [1.82, 2.24) is 4.98 Å². The fraction of sp³-hybridized carbons (Fsp3) is 0.588. The van der Waals surface area contributed by atoms with Crippen LogP contribution in [0.1, 0.15) is 26.5 Å². The van der Waals surface area contributed by atoms with Crippen molar-refractivity contribution in [3.8, 4) is 18.2 Å². The van der Waals surface area contributed by atoms with E-state index in [1.165, 1.54) is 12.1 Å². The molecule has 25 heavy (non-hydrogen) atoms. The molecular formula is C17H18F3NO4. The predicted octanol–water partition coefficient (Wildman–Crippen LogP) is 2.79. The summed E-state index contributed by atoms with van der Waals surface area (Å²) in [4.78, 5) is 3.51. The van der Waals surface area contributed by atoms with Crippen molar-refractivity contribution in [2.45, 2.75) is 63.3 Å². The molecule has 0 radical (unpaired) electrons. The smallest absolute Gasteiger partial charge is 0.433 e. The summed E-state index contributed by atoms with van der Waals surface area (Å²) in [7, 11) is 0. The van der Waals surface area contributed by atoms with Crippen LogP contribution in [0.2, 0.25) is 0 Å². The van der Waals surface area contributed by atoms with Gasteiger partial charge >= 0.3 is 6.18 Å². The molecule has 5 atom stereocenters. The number of pyridine rings is 1. The summed E-state index contributed by atoms with van der Waals surface area (Å²) < 4.78 is 61.6. The molecule has 0 bridgehead atoms. The van der Waals surface area contributed by atoms with E-state index in [4.69, 9.17) is 25.4 Å². The molecule has 2 aliphatic heterocycles. The summed E-state index contributed by atoms with van der Waals surface area (Å²) in [5.74, 6) is 1.38. The Labute approximate surface area is 143 Å². The van der Waals surface area contributed by atoms with Gasteiger partial charge in [-0.15, -0.1) is 6.42 Å². The maximum Gasteiger partial charge on any atom is 0.433 e. The zero-order valence-corrected chi connectivity index (χ0v) is 13.9. The molecule has 5 nitrogen and oxygen atoms in total. The van der Waals surface area contributed by atoms with Crippen LogP contribution in [0, 0.1) is 12.3 Å². The quantitative estimate of drug-likeness (QED) is 0.762. The Hall–Kier alpha value is -1.82. The largest absolute Gasteiger partial charge is 0.468 e. The first-order valence-electron chi connectivity index (χ1n) is 7.79. The Morgan fingerprint density at radius 1 is 1.24 bits per heavy atom. The molecule has 3 heterocycles. The number of rotatable bonds is 2. The first-order valence-corrected chi connectivity index (χ1v) is 7.79. The number of alkyl halides is 3. The Morgan fingerprint density at radius 3 is 2.56 bits per heavy atom.